The molecule has 156 valence electrons. The first-order valence-corrected chi connectivity index (χ1v) is 10.3. The van der Waals surface area contributed by atoms with Gasteiger partial charge in [-0.2, -0.15) is 0 Å². The maximum atomic E-state index is 12.7. The second-order valence-corrected chi connectivity index (χ2v) is 7.70. The molecule has 0 aliphatic carbocycles. The zero-order chi connectivity index (χ0) is 20.6. The van der Waals surface area contributed by atoms with E-state index in [0.29, 0.717) is 18.0 Å². The van der Waals surface area contributed by atoms with E-state index in [-0.39, 0.29) is 11.9 Å². The molecule has 6 heteroatoms. The molecule has 0 unspecified atom stereocenters. The fourth-order valence-electron chi connectivity index (χ4n) is 3.94. The van der Waals surface area contributed by atoms with Crippen LogP contribution in [0.15, 0.2) is 48.5 Å². The molecular formula is C23H33N3O3+2. The minimum absolute atomic E-state index is 0.0478. The van der Waals surface area contributed by atoms with Crippen LogP contribution < -0.4 is 24.6 Å². The predicted octanol–water partition coefficient (Wildman–Crippen LogP) is -0.308. The van der Waals surface area contributed by atoms with E-state index in [1.165, 1.54) is 10.5 Å². The minimum atomic E-state index is -0.0478. The molecule has 1 heterocycles. The number of carbonyl (C=O) groups is 1. The van der Waals surface area contributed by atoms with Crippen molar-refractivity contribution in [1.29, 1.82) is 0 Å². The SMILES string of the molecule is COc1ccc(CNC(=O)[C@H](C)[NH+]2CC[NH+](Cc3ccccc3)CC2)cc1OC. The third-order valence-corrected chi connectivity index (χ3v) is 5.82. The van der Waals surface area contributed by atoms with Crippen molar-refractivity contribution in [3.8, 4) is 11.5 Å². The number of methoxy groups -OCH3 is 2. The van der Waals surface area contributed by atoms with Crippen molar-refractivity contribution in [2.24, 2.45) is 0 Å². The normalized spacial score (nSPS) is 20.0. The average Bonchev–Trinajstić information content (AvgIpc) is 2.78. The molecule has 0 radical (unpaired) electrons. The summed E-state index contributed by atoms with van der Waals surface area (Å²) in [6.45, 7) is 7.81. The summed E-state index contributed by atoms with van der Waals surface area (Å²) < 4.78 is 10.6. The van der Waals surface area contributed by atoms with Crippen LogP contribution in [0.1, 0.15) is 18.1 Å². The minimum Gasteiger partial charge on any atom is -0.493 e. The third kappa shape index (κ3) is 5.71. The number of benzene rings is 2. The topological polar surface area (TPSA) is 56.4 Å². The van der Waals surface area contributed by atoms with Crippen LogP contribution in [0, 0.1) is 0 Å². The molecule has 1 saturated heterocycles. The van der Waals surface area contributed by atoms with Crippen LogP contribution in [-0.4, -0.2) is 52.3 Å². The summed E-state index contributed by atoms with van der Waals surface area (Å²) in [5.74, 6) is 1.47. The summed E-state index contributed by atoms with van der Waals surface area (Å²) in [5.41, 5.74) is 2.38. The number of carbonyl (C=O) groups excluding carboxylic acids is 1. The molecule has 6 nitrogen and oxygen atoms in total. The van der Waals surface area contributed by atoms with Gasteiger partial charge in [-0.25, -0.2) is 0 Å². The van der Waals surface area contributed by atoms with Gasteiger partial charge in [-0.1, -0.05) is 36.4 Å². The van der Waals surface area contributed by atoms with Gasteiger partial charge in [0.05, 0.1) is 14.2 Å². The molecule has 2 aromatic carbocycles. The number of nitrogens with one attached hydrogen (secondary N) is 3. The maximum absolute atomic E-state index is 12.7. The van der Waals surface area contributed by atoms with Crippen molar-refractivity contribution in [1.82, 2.24) is 5.32 Å². The van der Waals surface area contributed by atoms with Gasteiger partial charge in [0.1, 0.15) is 32.7 Å². The van der Waals surface area contributed by atoms with Crippen LogP contribution in [0.2, 0.25) is 0 Å². The number of quaternary nitrogens is 2. The molecule has 1 amide bonds. The van der Waals surface area contributed by atoms with Crippen molar-refractivity contribution in [2.75, 3.05) is 40.4 Å². The Morgan fingerprint density at radius 3 is 2.31 bits per heavy atom. The fourth-order valence-corrected chi connectivity index (χ4v) is 3.94. The number of rotatable bonds is 8. The first-order chi connectivity index (χ1) is 14.1. The highest BCUT2D eigenvalue weighted by molar-refractivity contribution is 5.79. The van der Waals surface area contributed by atoms with E-state index in [0.717, 1.165) is 38.3 Å². The van der Waals surface area contributed by atoms with Gasteiger partial charge < -0.3 is 24.6 Å². The van der Waals surface area contributed by atoms with Crippen molar-refractivity contribution >= 4 is 5.91 Å². The molecule has 1 aliphatic heterocycles. The van der Waals surface area contributed by atoms with E-state index in [1.54, 1.807) is 19.1 Å². The third-order valence-electron chi connectivity index (χ3n) is 5.82. The standard InChI is InChI=1S/C23H31N3O3/c1-18(23(27)24-16-20-9-10-21(28-2)22(15-20)29-3)26-13-11-25(12-14-26)17-19-7-5-4-6-8-19/h4-10,15,18H,11-14,16-17H2,1-3H3,(H,24,27)/p+2/t18-/m0/s1. The smallest absolute Gasteiger partial charge is 0.278 e. The molecule has 2 aromatic rings. The van der Waals surface area contributed by atoms with Gasteiger partial charge in [0.25, 0.3) is 5.91 Å². The second-order valence-electron chi connectivity index (χ2n) is 7.70. The van der Waals surface area contributed by atoms with Crippen LogP contribution in [0.5, 0.6) is 11.5 Å². The number of hydrogen-bond acceptors (Lipinski definition) is 3. The highest BCUT2D eigenvalue weighted by atomic mass is 16.5. The summed E-state index contributed by atoms with van der Waals surface area (Å²) in [6.07, 6.45) is 0. The molecule has 1 atom stereocenters. The molecule has 3 N–H and O–H groups in total. The van der Waals surface area contributed by atoms with Crippen LogP contribution in [0.3, 0.4) is 0 Å². The van der Waals surface area contributed by atoms with E-state index < -0.39 is 0 Å². The first kappa shape index (κ1) is 21.1. The quantitative estimate of drug-likeness (QED) is 0.571. The van der Waals surface area contributed by atoms with E-state index in [4.69, 9.17) is 9.47 Å². The Morgan fingerprint density at radius 1 is 0.966 bits per heavy atom. The van der Waals surface area contributed by atoms with Gasteiger partial charge in [-0.3, -0.25) is 4.79 Å². The number of ether oxygens (including phenoxy) is 2. The predicted molar refractivity (Wildman–Crippen MR) is 112 cm³/mol. The van der Waals surface area contributed by atoms with E-state index >= 15 is 0 Å². The van der Waals surface area contributed by atoms with E-state index in [1.807, 2.05) is 25.1 Å². The lowest BCUT2D eigenvalue weighted by atomic mass is 10.1. The summed E-state index contributed by atoms with van der Waals surface area (Å²) >= 11 is 0. The van der Waals surface area contributed by atoms with Gasteiger partial charge in [0.15, 0.2) is 17.5 Å². The van der Waals surface area contributed by atoms with Crippen LogP contribution in [-0.2, 0) is 17.9 Å². The van der Waals surface area contributed by atoms with Gasteiger partial charge in [0.2, 0.25) is 0 Å². The van der Waals surface area contributed by atoms with Crippen LogP contribution >= 0.6 is 0 Å². The van der Waals surface area contributed by atoms with Gasteiger partial charge in [-0.15, -0.1) is 0 Å². The Kier molecular flexibility index (Phi) is 7.49. The lowest BCUT2D eigenvalue weighted by molar-refractivity contribution is -1.02. The van der Waals surface area contributed by atoms with Crippen LogP contribution in [0.25, 0.3) is 0 Å². The largest absolute Gasteiger partial charge is 0.493 e. The molecule has 0 bridgehead atoms. The highest BCUT2D eigenvalue weighted by Gasteiger charge is 2.30. The van der Waals surface area contributed by atoms with Crippen molar-refractivity contribution < 1.29 is 24.1 Å². The molecule has 0 saturated carbocycles. The van der Waals surface area contributed by atoms with Crippen molar-refractivity contribution in [3.63, 3.8) is 0 Å². The summed E-state index contributed by atoms with van der Waals surface area (Å²) in [7, 11) is 3.23. The lowest BCUT2D eigenvalue weighted by Crippen LogP contribution is -3.29. The fraction of sp³-hybridized carbons (Fsp3) is 0.435. The first-order valence-electron chi connectivity index (χ1n) is 10.3. The second kappa shape index (κ2) is 10.3. The average molecular weight is 400 g/mol. The molecular weight excluding hydrogens is 366 g/mol. The summed E-state index contributed by atoms with van der Waals surface area (Å²) in [6, 6.07) is 16.3. The van der Waals surface area contributed by atoms with E-state index in [2.05, 4.69) is 35.6 Å². The molecule has 29 heavy (non-hydrogen) atoms. The number of amides is 1. The zero-order valence-electron chi connectivity index (χ0n) is 17.7. The Morgan fingerprint density at radius 2 is 1.66 bits per heavy atom. The Hall–Kier alpha value is -2.57. The van der Waals surface area contributed by atoms with Gasteiger partial charge in [0, 0.05) is 12.1 Å². The molecule has 1 fully saturated rings. The zero-order valence-corrected chi connectivity index (χ0v) is 17.7. The molecule has 1 aliphatic rings. The highest BCUT2D eigenvalue weighted by Crippen LogP contribution is 2.27. The Balaban J connectivity index is 1.46. The van der Waals surface area contributed by atoms with Gasteiger partial charge in [-0.05, 0) is 24.6 Å². The number of piperazine rings is 1. The van der Waals surface area contributed by atoms with E-state index in [9.17, 15) is 4.79 Å². The Bertz CT molecular complexity index is 789. The lowest BCUT2D eigenvalue weighted by Gasteiger charge is -2.32. The van der Waals surface area contributed by atoms with Gasteiger partial charge >= 0.3 is 0 Å². The Labute approximate surface area is 173 Å². The molecule has 0 spiro atoms. The molecule has 0 aromatic heterocycles. The number of hydrogen-bond donors (Lipinski definition) is 3. The summed E-state index contributed by atoms with van der Waals surface area (Å²) in [4.78, 5) is 15.6. The van der Waals surface area contributed by atoms with Crippen molar-refractivity contribution in [2.45, 2.75) is 26.1 Å². The van der Waals surface area contributed by atoms with Crippen LogP contribution in [0.4, 0.5) is 0 Å². The maximum Gasteiger partial charge on any atom is 0.278 e. The summed E-state index contributed by atoms with van der Waals surface area (Å²) in [5, 5.41) is 3.07. The monoisotopic (exact) mass is 399 g/mol. The molecule has 3 rings (SSSR count). The van der Waals surface area contributed by atoms with Crippen molar-refractivity contribution in [3.05, 3.63) is 59.7 Å².